The molecule has 0 heterocycles. The van der Waals surface area contributed by atoms with Gasteiger partial charge < -0.3 is 4.74 Å². The van der Waals surface area contributed by atoms with Crippen molar-refractivity contribution in [2.24, 2.45) is 23.7 Å². The van der Waals surface area contributed by atoms with Crippen molar-refractivity contribution in [1.82, 2.24) is 0 Å². The van der Waals surface area contributed by atoms with Gasteiger partial charge in [-0.2, -0.15) is 0 Å². The standard InChI is InChI=1S/C33H54O/c1-4-7-9-12-27-14-16-29(17-15-27)26-34-32-24-22-31(23-25-32)33(11-6-3)30-20-18-28(19-21-30)13-10-8-5-2/h6,22-25,27-30,33H,3-5,7-21,26H2,1-2H3/t27-,28-,29-,30-,33?. The molecule has 1 nitrogen and oxygen atoms in total. The number of hydrogen-bond donors (Lipinski definition) is 0. The van der Waals surface area contributed by atoms with Crippen molar-refractivity contribution in [3.8, 4) is 5.75 Å². The van der Waals surface area contributed by atoms with E-state index in [1.165, 1.54) is 108 Å². The maximum atomic E-state index is 6.26. The highest BCUT2D eigenvalue weighted by molar-refractivity contribution is 5.30. The number of benzene rings is 1. The normalized spacial score (nSPS) is 26.2. The maximum absolute atomic E-state index is 6.26. The Kier molecular flexibility index (Phi) is 12.6. The predicted molar refractivity (Wildman–Crippen MR) is 149 cm³/mol. The summed E-state index contributed by atoms with van der Waals surface area (Å²) in [6, 6.07) is 9.17. The zero-order valence-corrected chi connectivity index (χ0v) is 22.6. The fourth-order valence-electron chi connectivity index (χ4n) is 6.74. The molecule has 0 N–H and O–H groups in total. The van der Waals surface area contributed by atoms with Gasteiger partial charge in [0.25, 0.3) is 0 Å². The fourth-order valence-corrected chi connectivity index (χ4v) is 6.74. The fraction of sp³-hybridized carbons (Fsp3) is 0.758. The second kappa shape index (κ2) is 15.7. The molecule has 0 amide bonds. The molecule has 2 fully saturated rings. The molecular weight excluding hydrogens is 412 g/mol. The van der Waals surface area contributed by atoms with Crippen LogP contribution < -0.4 is 4.74 Å². The number of ether oxygens (including phenoxy) is 1. The average molecular weight is 467 g/mol. The Morgan fingerprint density at radius 1 is 0.765 bits per heavy atom. The van der Waals surface area contributed by atoms with Gasteiger partial charge in [0.15, 0.2) is 0 Å². The summed E-state index contributed by atoms with van der Waals surface area (Å²) in [7, 11) is 0. The molecular formula is C33H54O. The Labute approximate surface area is 212 Å². The van der Waals surface area contributed by atoms with Crippen LogP contribution in [-0.4, -0.2) is 6.61 Å². The van der Waals surface area contributed by atoms with Gasteiger partial charge in [-0.1, -0.05) is 109 Å². The highest BCUT2D eigenvalue weighted by Gasteiger charge is 2.28. The van der Waals surface area contributed by atoms with Crippen molar-refractivity contribution < 1.29 is 4.74 Å². The summed E-state index contributed by atoms with van der Waals surface area (Å²) >= 11 is 0. The zero-order valence-electron chi connectivity index (χ0n) is 22.6. The zero-order chi connectivity index (χ0) is 24.0. The molecule has 2 saturated carbocycles. The highest BCUT2D eigenvalue weighted by atomic mass is 16.5. The van der Waals surface area contributed by atoms with E-state index in [9.17, 15) is 0 Å². The molecule has 192 valence electrons. The van der Waals surface area contributed by atoms with E-state index in [0.29, 0.717) is 5.92 Å². The van der Waals surface area contributed by atoms with Crippen molar-refractivity contribution in [1.29, 1.82) is 0 Å². The van der Waals surface area contributed by atoms with Gasteiger partial charge in [0.1, 0.15) is 5.75 Å². The molecule has 0 radical (unpaired) electrons. The van der Waals surface area contributed by atoms with Crippen molar-refractivity contribution >= 4 is 0 Å². The Balaban J connectivity index is 1.42. The average Bonchev–Trinajstić information content (AvgIpc) is 2.88. The molecule has 2 aliphatic rings. The molecule has 2 aliphatic carbocycles. The van der Waals surface area contributed by atoms with E-state index in [0.717, 1.165) is 42.4 Å². The first kappa shape index (κ1) is 27.3. The Hall–Kier alpha value is -1.24. The van der Waals surface area contributed by atoms with E-state index < -0.39 is 0 Å². The minimum absolute atomic E-state index is 0.631. The van der Waals surface area contributed by atoms with Crippen molar-refractivity contribution in [2.75, 3.05) is 6.61 Å². The van der Waals surface area contributed by atoms with Crippen LogP contribution in [0.3, 0.4) is 0 Å². The summed E-state index contributed by atoms with van der Waals surface area (Å²) in [4.78, 5) is 0. The van der Waals surface area contributed by atoms with Crippen LogP contribution in [0.2, 0.25) is 0 Å². The van der Waals surface area contributed by atoms with Crippen molar-refractivity contribution in [3.63, 3.8) is 0 Å². The summed E-state index contributed by atoms with van der Waals surface area (Å²) in [5.41, 5.74) is 1.49. The monoisotopic (exact) mass is 466 g/mol. The van der Waals surface area contributed by atoms with Crippen molar-refractivity contribution in [3.05, 3.63) is 42.5 Å². The van der Waals surface area contributed by atoms with Gasteiger partial charge in [-0.3, -0.25) is 0 Å². The van der Waals surface area contributed by atoms with Crippen LogP contribution in [0.5, 0.6) is 5.75 Å². The van der Waals surface area contributed by atoms with Gasteiger partial charge in [0.05, 0.1) is 6.61 Å². The quantitative estimate of drug-likeness (QED) is 0.184. The number of hydrogen-bond acceptors (Lipinski definition) is 1. The first-order valence-corrected chi connectivity index (χ1v) is 15.1. The van der Waals surface area contributed by atoms with Crippen molar-refractivity contribution in [2.45, 2.75) is 129 Å². The van der Waals surface area contributed by atoms with Crippen LogP contribution in [0.25, 0.3) is 0 Å². The summed E-state index contributed by atoms with van der Waals surface area (Å²) in [5.74, 6) is 5.23. The Morgan fingerprint density at radius 3 is 1.82 bits per heavy atom. The largest absolute Gasteiger partial charge is 0.493 e. The van der Waals surface area contributed by atoms with Gasteiger partial charge in [-0.25, -0.2) is 0 Å². The van der Waals surface area contributed by atoms with E-state index in [2.05, 4.69) is 50.8 Å². The molecule has 1 aromatic rings. The minimum atomic E-state index is 0.631. The molecule has 0 spiro atoms. The predicted octanol–water partition coefficient (Wildman–Crippen LogP) is 10.5. The van der Waals surface area contributed by atoms with Gasteiger partial charge in [-0.15, -0.1) is 6.58 Å². The summed E-state index contributed by atoms with van der Waals surface area (Å²) < 4.78 is 6.26. The molecule has 1 aromatic carbocycles. The Bertz CT molecular complexity index is 646. The second-order valence-electron chi connectivity index (χ2n) is 11.7. The van der Waals surface area contributed by atoms with Gasteiger partial charge >= 0.3 is 0 Å². The summed E-state index contributed by atoms with van der Waals surface area (Å²) in [5, 5.41) is 0. The van der Waals surface area contributed by atoms with E-state index in [4.69, 9.17) is 4.74 Å². The lowest BCUT2D eigenvalue weighted by atomic mass is 9.71. The molecule has 1 atom stereocenters. The third-order valence-corrected chi connectivity index (χ3v) is 9.07. The smallest absolute Gasteiger partial charge is 0.119 e. The van der Waals surface area contributed by atoms with Gasteiger partial charge in [0, 0.05) is 0 Å². The van der Waals surface area contributed by atoms with Crippen LogP contribution in [0.1, 0.15) is 134 Å². The molecule has 34 heavy (non-hydrogen) atoms. The van der Waals surface area contributed by atoms with Crippen LogP contribution in [0.4, 0.5) is 0 Å². The topological polar surface area (TPSA) is 9.23 Å². The second-order valence-corrected chi connectivity index (χ2v) is 11.7. The molecule has 0 aromatic heterocycles. The molecule has 0 bridgehead atoms. The lowest BCUT2D eigenvalue weighted by Crippen LogP contribution is -2.21. The lowest BCUT2D eigenvalue weighted by molar-refractivity contribution is 0.177. The molecule has 3 rings (SSSR count). The third kappa shape index (κ3) is 9.09. The summed E-state index contributed by atoms with van der Waals surface area (Å²) in [6.45, 7) is 9.61. The van der Waals surface area contributed by atoms with Crippen LogP contribution in [-0.2, 0) is 0 Å². The lowest BCUT2D eigenvalue weighted by Gasteiger charge is -2.34. The summed E-state index contributed by atoms with van der Waals surface area (Å²) in [6.07, 6.45) is 25.7. The SMILES string of the molecule is C=CCC(c1ccc(OC[C@H]2CC[C@H](CCCCC)CC2)cc1)[C@H]1CC[C@H](CCCCC)CC1. The molecule has 0 aliphatic heterocycles. The molecule has 1 heteroatoms. The molecule has 1 unspecified atom stereocenters. The van der Waals surface area contributed by atoms with Crippen LogP contribution >= 0.6 is 0 Å². The number of rotatable bonds is 15. The first-order valence-electron chi connectivity index (χ1n) is 15.1. The van der Waals surface area contributed by atoms with Gasteiger partial charge in [-0.05, 0) is 79.4 Å². The van der Waals surface area contributed by atoms with Gasteiger partial charge in [0.2, 0.25) is 0 Å². The Morgan fingerprint density at radius 2 is 1.29 bits per heavy atom. The number of allylic oxidation sites excluding steroid dienone is 1. The minimum Gasteiger partial charge on any atom is -0.493 e. The first-order chi connectivity index (χ1) is 16.7. The maximum Gasteiger partial charge on any atom is 0.119 e. The van der Waals surface area contributed by atoms with E-state index in [1.807, 2.05) is 0 Å². The van der Waals surface area contributed by atoms with Crippen LogP contribution in [0, 0.1) is 23.7 Å². The van der Waals surface area contributed by atoms with Crippen LogP contribution in [0.15, 0.2) is 36.9 Å². The molecule has 0 saturated heterocycles. The van der Waals surface area contributed by atoms with E-state index in [-0.39, 0.29) is 0 Å². The van der Waals surface area contributed by atoms with E-state index in [1.54, 1.807) is 0 Å². The third-order valence-electron chi connectivity index (χ3n) is 9.07. The highest BCUT2D eigenvalue weighted by Crippen LogP contribution is 2.42. The number of unbranched alkanes of at least 4 members (excludes halogenated alkanes) is 4. The van der Waals surface area contributed by atoms with E-state index >= 15 is 0 Å².